The van der Waals surface area contributed by atoms with Gasteiger partial charge in [0, 0.05) is 32.7 Å². The molecule has 1 atom stereocenters. The Kier molecular flexibility index (Phi) is 13.4. The standard InChI is InChI=1S/C28H43N3O7/c1-2-11-35-14-16-37-17-15-36-13-10-31-21-24-19-25(38-12-4-3-5-26-29-8-9-30-26)7-6-22(24)18-23(28(31)34)20-27(32)33/h6-7,19,23H,2-5,8-18,20-21H2,1H3,(H,29,30)(H,32,33)/t23-/m0/s1. The average molecular weight is 534 g/mol. The first-order chi connectivity index (χ1) is 18.6. The van der Waals surface area contributed by atoms with Crippen LogP contribution in [0.25, 0.3) is 0 Å². The highest BCUT2D eigenvalue weighted by molar-refractivity contribution is 5.84. The highest BCUT2D eigenvalue weighted by Gasteiger charge is 2.31. The Balaban J connectivity index is 1.47. The third-order valence-electron chi connectivity index (χ3n) is 6.51. The van der Waals surface area contributed by atoms with Gasteiger partial charge in [0.15, 0.2) is 0 Å². The molecule has 1 aromatic carbocycles. The summed E-state index contributed by atoms with van der Waals surface area (Å²) in [5.41, 5.74) is 1.98. The minimum Gasteiger partial charge on any atom is -0.494 e. The molecule has 1 aromatic rings. The van der Waals surface area contributed by atoms with Gasteiger partial charge in [-0.05, 0) is 48.9 Å². The number of hydrogen-bond donors (Lipinski definition) is 2. The topological polar surface area (TPSA) is 119 Å². The SMILES string of the molecule is CCCOCCOCCOCCN1Cc2cc(OCCCCC3=NCCN3)ccc2C[C@@H](CC(=O)O)C1=O. The van der Waals surface area contributed by atoms with Gasteiger partial charge in [0.05, 0.1) is 64.4 Å². The molecule has 2 N–H and O–H groups in total. The molecule has 0 spiro atoms. The number of carboxylic acids is 1. The highest BCUT2D eigenvalue weighted by Crippen LogP contribution is 2.28. The number of carbonyl (C=O) groups excluding carboxylic acids is 1. The lowest BCUT2D eigenvalue weighted by Crippen LogP contribution is -2.37. The van der Waals surface area contributed by atoms with Crippen LogP contribution in [0.3, 0.4) is 0 Å². The van der Waals surface area contributed by atoms with Gasteiger partial charge in [0.25, 0.3) is 0 Å². The first kappa shape index (κ1) is 29.9. The molecule has 0 saturated heterocycles. The Morgan fingerprint density at radius 2 is 1.82 bits per heavy atom. The van der Waals surface area contributed by atoms with Crippen LogP contribution < -0.4 is 10.1 Å². The number of ether oxygens (including phenoxy) is 4. The zero-order valence-electron chi connectivity index (χ0n) is 22.6. The summed E-state index contributed by atoms with van der Waals surface area (Å²) < 4.78 is 22.5. The zero-order chi connectivity index (χ0) is 27.0. The van der Waals surface area contributed by atoms with Crippen LogP contribution in [0.4, 0.5) is 0 Å². The predicted octanol–water partition coefficient (Wildman–Crippen LogP) is 2.67. The molecular formula is C28H43N3O7. The lowest BCUT2D eigenvalue weighted by molar-refractivity contribution is -0.145. The van der Waals surface area contributed by atoms with E-state index in [0.717, 1.165) is 68.1 Å². The average Bonchev–Trinajstić information content (AvgIpc) is 3.38. The Hall–Kier alpha value is -2.69. The van der Waals surface area contributed by atoms with E-state index in [-0.39, 0.29) is 12.3 Å². The number of carboxylic acid groups (broad SMARTS) is 1. The number of rotatable bonds is 19. The number of fused-ring (bicyclic) bond motifs is 1. The van der Waals surface area contributed by atoms with Gasteiger partial charge < -0.3 is 34.3 Å². The zero-order valence-corrected chi connectivity index (χ0v) is 22.6. The molecule has 38 heavy (non-hydrogen) atoms. The Labute approximate surface area is 225 Å². The molecule has 0 radical (unpaired) electrons. The first-order valence-electron chi connectivity index (χ1n) is 13.8. The molecule has 0 bridgehead atoms. The Bertz CT molecular complexity index is 908. The molecule has 2 aliphatic rings. The Morgan fingerprint density at radius 3 is 2.53 bits per heavy atom. The molecule has 3 rings (SSSR count). The minimum absolute atomic E-state index is 0.151. The number of aliphatic imine (C=N–C) groups is 1. The number of hydrogen-bond acceptors (Lipinski definition) is 8. The molecular weight excluding hydrogens is 490 g/mol. The number of aliphatic carboxylic acids is 1. The van der Waals surface area contributed by atoms with E-state index in [1.54, 1.807) is 4.90 Å². The molecule has 0 aromatic heterocycles. The van der Waals surface area contributed by atoms with Crippen molar-refractivity contribution in [2.75, 3.05) is 65.9 Å². The van der Waals surface area contributed by atoms with Crippen LogP contribution in [0.15, 0.2) is 23.2 Å². The van der Waals surface area contributed by atoms with E-state index in [4.69, 9.17) is 18.9 Å². The second kappa shape index (κ2) is 17.0. The number of nitrogens with zero attached hydrogens (tertiary/aromatic N) is 2. The minimum atomic E-state index is -0.971. The monoisotopic (exact) mass is 533 g/mol. The van der Waals surface area contributed by atoms with Gasteiger partial charge >= 0.3 is 5.97 Å². The van der Waals surface area contributed by atoms with Crippen molar-refractivity contribution in [3.8, 4) is 5.75 Å². The van der Waals surface area contributed by atoms with Crippen LogP contribution in [0.5, 0.6) is 5.75 Å². The van der Waals surface area contributed by atoms with Crippen molar-refractivity contribution in [3.05, 3.63) is 29.3 Å². The van der Waals surface area contributed by atoms with Gasteiger partial charge in [-0.3, -0.25) is 14.6 Å². The summed E-state index contributed by atoms with van der Waals surface area (Å²) in [6.45, 7) is 8.32. The number of unbranched alkanes of at least 4 members (excludes halogenated alkanes) is 1. The van der Waals surface area contributed by atoms with E-state index in [1.165, 1.54) is 0 Å². The predicted molar refractivity (Wildman–Crippen MR) is 144 cm³/mol. The normalized spacial score (nSPS) is 17.1. The van der Waals surface area contributed by atoms with E-state index in [9.17, 15) is 14.7 Å². The molecule has 212 valence electrons. The van der Waals surface area contributed by atoms with Gasteiger partial charge in [-0.1, -0.05) is 13.0 Å². The van der Waals surface area contributed by atoms with E-state index < -0.39 is 11.9 Å². The number of nitrogens with one attached hydrogen (secondary N) is 1. The van der Waals surface area contributed by atoms with Gasteiger partial charge in [-0.2, -0.15) is 0 Å². The first-order valence-corrected chi connectivity index (χ1v) is 13.8. The fourth-order valence-electron chi connectivity index (χ4n) is 4.55. The molecule has 10 heteroatoms. The maximum atomic E-state index is 13.2. The van der Waals surface area contributed by atoms with E-state index in [0.29, 0.717) is 59.2 Å². The molecule has 2 aliphatic heterocycles. The van der Waals surface area contributed by atoms with Crippen LogP contribution >= 0.6 is 0 Å². The van der Waals surface area contributed by atoms with Crippen molar-refractivity contribution >= 4 is 17.7 Å². The van der Waals surface area contributed by atoms with Crippen molar-refractivity contribution in [1.82, 2.24) is 10.2 Å². The molecule has 2 heterocycles. The van der Waals surface area contributed by atoms with Crippen molar-refractivity contribution in [2.45, 2.75) is 52.0 Å². The number of amides is 1. The summed E-state index contributed by atoms with van der Waals surface area (Å²) in [7, 11) is 0. The lowest BCUT2D eigenvalue weighted by Gasteiger charge is -2.24. The van der Waals surface area contributed by atoms with E-state index in [1.807, 2.05) is 18.2 Å². The van der Waals surface area contributed by atoms with Gasteiger partial charge in [0.2, 0.25) is 5.91 Å². The van der Waals surface area contributed by atoms with Crippen LogP contribution in [0.1, 0.15) is 50.2 Å². The maximum Gasteiger partial charge on any atom is 0.304 e. The van der Waals surface area contributed by atoms with Gasteiger partial charge in [-0.25, -0.2) is 0 Å². The summed E-state index contributed by atoms with van der Waals surface area (Å²) in [6.07, 6.45) is 4.07. The summed E-state index contributed by atoms with van der Waals surface area (Å²) in [5, 5.41) is 12.7. The summed E-state index contributed by atoms with van der Waals surface area (Å²) in [6, 6.07) is 5.86. The maximum absolute atomic E-state index is 13.2. The number of benzene rings is 1. The molecule has 10 nitrogen and oxygen atoms in total. The van der Waals surface area contributed by atoms with Crippen LogP contribution in [-0.4, -0.2) is 93.6 Å². The van der Waals surface area contributed by atoms with E-state index >= 15 is 0 Å². The quantitative estimate of drug-likeness (QED) is 0.261. The molecule has 0 saturated carbocycles. The number of carbonyl (C=O) groups is 2. The van der Waals surface area contributed by atoms with Crippen LogP contribution in [0.2, 0.25) is 0 Å². The van der Waals surface area contributed by atoms with Gasteiger partial charge in [0.1, 0.15) is 5.75 Å². The molecule has 0 aliphatic carbocycles. The Morgan fingerprint density at radius 1 is 1.05 bits per heavy atom. The van der Waals surface area contributed by atoms with Gasteiger partial charge in [-0.15, -0.1) is 0 Å². The van der Waals surface area contributed by atoms with Crippen molar-refractivity contribution in [2.24, 2.45) is 10.9 Å². The smallest absolute Gasteiger partial charge is 0.304 e. The molecule has 0 unspecified atom stereocenters. The molecule has 1 amide bonds. The van der Waals surface area contributed by atoms with Crippen LogP contribution in [0, 0.1) is 5.92 Å². The van der Waals surface area contributed by atoms with E-state index in [2.05, 4.69) is 17.2 Å². The summed E-state index contributed by atoms with van der Waals surface area (Å²) in [5.74, 6) is 0.132. The lowest BCUT2D eigenvalue weighted by atomic mass is 9.94. The van der Waals surface area contributed by atoms with Crippen molar-refractivity contribution in [3.63, 3.8) is 0 Å². The van der Waals surface area contributed by atoms with Crippen molar-refractivity contribution < 1.29 is 33.6 Å². The highest BCUT2D eigenvalue weighted by atomic mass is 16.5. The van der Waals surface area contributed by atoms with Crippen LogP contribution in [-0.2, 0) is 36.8 Å². The van der Waals surface area contributed by atoms with Crippen molar-refractivity contribution in [1.29, 1.82) is 0 Å². The number of amidine groups is 1. The molecule has 0 fully saturated rings. The second-order valence-electron chi connectivity index (χ2n) is 9.59. The summed E-state index contributed by atoms with van der Waals surface area (Å²) in [4.78, 5) is 30.8. The third kappa shape index (κ3) is 10.6. The fourth-order valence-corrected chi connectivity index (χ4v) is 4.55. The largest absolute Gasteiger partial charge is 0.494 e. The fraction of sp³-hybridized carbons (Fsp3) is 0.679. The summed E-state index contributed by atoms with van der Waals surface area (Å²) >= 11 is 0. The second-order valence-corrected chi connectivity index (χ2v) is 9.59. The third-order valence-corrected chi connectivity index (χ3v) is 6.51.